The Morgan fingerprint density at radius 3 is 2.53 bits per heavy atom. The van der Waals surface area contributed by atoms with E-state index in [9.17, 15) is 0 Å². The minimum absolute atomic E-state index is 0.705. The second kappa shape index (κ2) is 5.45. The van der Waals surface area contributed by atoms with Crippen LogP contribution in [0.15, 0.2) is 6.20 Å². The molecule has 3 rings (SSSR count). The molecule has 2 fully saturated rings. The molecule has 2 aliphatic rings. The van der Waals surface area contributed by atoms with E-state index in [1.54, 1.807) is 0 Å². The van der Waals surface area contributed by atoms with Crippen molar-refractivity contribution in [2.75, 3.05) is 24.5 Å². The smallest absolute Gasteiger partial charge is 0.147 e. The highest BCUT2D eigenvalue weighted by atomic mass is 15.2. The Balaban J connectivity index is 1.52. The molecule has 0 radical (unpaired) electrons. The lowest BCUT2D eigenvalue weighted by molar-refractivity contribution is 0.407. The molecule has 0 amide bonds. The van der Waals surface area contributed by atoms with E-state index in [0.29, 0.717) is 6.04 Å². The standard InChI is InChI=1S/C15H24N4/c1-11-12(2)18-15(10-16-11)19-7-5-14(6-8-19)17-9-13-3-4-13/h10,13-14,17H,3-9H2,1-2H3. The highest BCUT2D eigenvalue weighted by Gasteiger charge is 2.24. The zero-order chi connectivity index (χ0) is 13.2. The summed E-state index contributed by atoms with van der Waals surface area (Å²) in [5.74, 6) is 2.02. The summed E-state index contributed by atoms with van der Waals surface area (Å²) in [6.45, 7) is 7.48. The quantitative estimate of drug-likeness (QED) is 0.899. The lowest BCUT2D eigenvalue weighted by atomic mass is 10.0. The first-order valence-corrected chi connectivity index (χ1v) is 7.51. The SMILES string of the molecule is Cc1ncc(N2CCC(NCC3CC3)CC2)nc1C. The van der Waals surface area contributed by atoms with Crippen LogP contribution in [0.3, 0.4) is 0 Å². The van der Waals surface area contributed by atoms with Crippen LogP contribution in [-0.4, -0.2) is 35.6 Å². The fourth-order valence-electron chi connectivity index (χ4n) is 2.65. The highest BCUT2D eigenvalue weighted by molar-refractivity contribution is 5.38. The molecule has 19 heavy (non-hydrogen) atoms. The maximum atomic E-state index is 4.65. The molecule has 104 valence electrons. The van der Waals surface area contributed by atoms with Crippen molar-refractivity contribution in [1.82, 2.24) is 15.3 Å². The Labute approximate surface area is 115 Å². The van der Waals surface area contributed by atoms with E-state index < -0.39 is 0 Å². The molecule has 1 aliphatic heterocycles. The van der Waals surface area contributed by atoms with Gasteiger partial charge in [0.05, 0.1) is 17.6 Å². The summed E-state index contributed by atoms with van der Waals surface area (Å²) in [5, 5.41) is 3.71. The van der Waals surface area contributed by atoms with Crippen LogP contribution in [0.4, 0.5) is 5.82 Å². The first kappa shape index (κ1) is 12.9. The average Bonchev–Trinajstić information content (AvgIpc) is 3.24. The number of nitrogens with zero attached hydrogens (tertiary/aromatic N) is 3. The molecule has 0 spiro atoms. The molecule has 2 heterocycles. The van der Waals surface area contributed by atoms with E-state index in [1.165, 1.54) is 32.2 Å². The van der Waals surface area contributed by atoms with Gasteiger partial charge in [-0.15, -0.1) is 0 Å². The Kier molecular flexibility index (Phi) is 3.69. The van der Waals surface area contributed by atoms with Crippen molar-refractivity contribution in [3.05, 3.63) is 17.6 Å². The molecular formula is C15H24N4. The van der Waals surface area contributed by atoms with Gasteiger partial charge in [0.1, 0.15) is 5.82 Å². The fourth-order valence-corrected chi connectivity index (χ4v) is 2.65. The van der Waals surface area contributed by atoms with Crippen molar-refractivity contribution in [3.8, 4) is 0 Å². The van der Waals surface area contributed by atoms with Gasteiger partial charge in [0, 0.05) is 19.1 Å². The lowest BCUT2D eigenvalue weighted by Gasteiger charge is -2.33. The van der Waals surface area contributed by atoms with Crippen molar-refractivity contribution >= 4 is 5.82 Å². The first-order chi connectivity index (χ1) is 9.22. The zero-order valence-corrected chi connectivity index (χ0v) is 12.0. The topological polar surface area (TPSA) is 41.1 Å². The molecule has 1 aliphatic carbocycles. The Morgan fingerprint density at radius 2 is 1.89 bits per heavy atom. The van der Waals surface area contributed by atoms with Crippen molar-refractivity contribution < 1.29 is 0 Å². The van der Waals surface area contributed by atoms with Crippen LogP contribution in [0.5, 0.6) is 0 Å². The third kappa shape index (κ3) is 3.24. The Hall–Kier alpha value is -1.16. The number of nitrogens with one attached hydrogen (secondary N) is 1. The van der Waals surface area contributed by atoms with Crippen LogP contribution in [-0.2, 0) is 0 Å². The monoisotopic (exact) mass is 260 g/mol. The predicted molar refractivity (Wildman–Crippen MR) is 77.5 cm³/mol. The molecule has 4 heteroatoms. The van der Waals surface area contributed by atoms with Gasteiger partial charge in [-0.05, 0) is 52.0 Å². The van der Waals surface area contributed by atoms with Crippen molar-refractivity contribution in [2.24, 2.45) is 5.92 Å². The molecule has 1 saturated heterocycles. The van der Waals surface area contributed by atoms with Gasteiger partial charge in [-0.1, -0.05) is 0 Å². The van der Waals surface area contributed by atoms with E-state index >= 15 is 0 Å². The number of hydrogen-bond acceptors (Lipinski definition) is 4. The summed E-state index contributed by atoms with van der Waals surface area (Å²) >= 11 is 0. The van der Waals surface area contributed by atoms with E-state index in [2.05, 4.69) is 20.2 Å². The van der Waals surface area contributed by atoms with Crippen LogP contribution in [0.25, 0.3) is 0 Å². The molecule has 0 aromatic carbocycles. The molecule has 0 bridgehead atoms. The van der Waals surface area contributed by atoms with E-state index in [-0.39, 0.29) is 0 Å². The molecule has 1 aromatic rings. The lowest BCUT2D eigenvalue weighted by Crippen LogP contribution is -2.43. The van der Waals surface area contributed by atoms with Crippen LogP contribution < -0.4 is 10.2 Å². The minimum Gasteiger partial charge on any atom is -0.355 e. The third-order valence-electron chi connectivity index (χ3n) is 4.39. The minimum atomic E-state index is 0.705. The van der Waals surface area contributed by atoms with Crippen molar-refractivity contribution in [1.29, 1.82) is 0 Å². The summed E-state index contributed by atoms with van der Waals surface area (Å²) in [6.07, 6.45) is 7.23. The van der Waals surface area contributed by atoms with E-state index in [0.717, 1.165) is 36.2 Å². The molecule has 0 atom stereocenters. The number of anilines is 1. The van der Waals surface area contributed by atoms with Crippen LogP contribution in [0.1, 0.15) is 37.1 Å². The molecule has 0 unspecified atom stereocenters. The largest absolute Gasteiger partial charge is 0.355 e. The van der Waals surface area contributed by atoms with Gasteiger partial charge in [-0.2, -0.15) is 0 Å². The van der Waals surface area contributed by atoms with Crippen molar-refractivity contribution in [3.63, 3.8) is 0 Å². The van der Waals surface area contributed by atoms with Gasteiger partial charge in [0.25, 0.3) is 0 Å². The number of piperidine rings is 1. The second-order valence-corrected chi connectivity index (χ2v) is 6.01. The molecule has 1 saturated carbocycles. The van der Waals surface area contributed by atoms with E-state index in [1.807, 2.05) is 20.0 Å². The third-order valence-corrected chi connectivity index (χ3v) is 4.39. The summed E-state index contributed by atoms with van der Waals surface area (Å²) in [5.41, 5.74) is 2.08. The van der Waals surface area contributed by atoms with Crippen LogP contribution in [0.2, 0.25) is 0 Å². The zero-order valence-electron chi connectivity index (χ0n) is 12.0. The number of aryl methyl sites for hydroxylation is 2. The second-order valence-electron chi connectivity index (χ2n) is 6.01. The van der Waals surface area contributed by atoms with Crippen LogP contribution >= 0.6 is 0 Å². The maximum Gasteiger partial charge on any atom is 0.147 e. The number of rotatable bonds is 4. The van der Waals surface area contributed by atoms with Gasteiger partial charge in [-0.25, -0.2) is 4.98 Å². The van der Waals surface area contributed by atoms with Gasteiger partial charge >= 0.3 is 0 Å². The summed E-state index contributed by atoms with van der Waals surface area (Å²) in [4.78, 5) is 11.4. The van der Waals surface area contributed by atoms with Gasteiger partial charge in [-0.3, -0.25) is 4.98 Å². The molecule has 1 aromatic heterocycles. The summed E-state index contributed by atoms with van der Waals surface area (Å²) in [6, 6.07) is 0.705. The van der Waals surface area contributed by atoms with E-state index in [4.69, 9.17) is 0 Å². The average molecular weight is 260 g/mol. The number of hydrogen-bond donors (Lipinski definition) is 1. The normalized spacial score (nSPS) is 20.8. The summed E-state index contributed by atoms with van der Waals surface area (Å²) < 4.78 is 0. The maximum absolute atomic E-state index is 4.65. The molecule has 1 N–H and O–H groups in total. The van der Waals surface area contributed by atoms with Crippen LogP contribution in [0, 0.1) is 19.8 Å². The highest BCUT2D eigenvalue weighted by Crippen LogP contribution is 2.28. The summed E-state index contributed by atoms with van der Waals surface area (Å²) in [7, 11) is 0. The molecule has 4 nitrogen and oxygen atoms in total. The van der Waals surface area contributed by atoms with Gasteiger partial charge in [0.2, 0.25) is 0 Å². The number of aromatic nitrogens is 2. The predicted octanol–water partition coefficient (Wildman–Crippen LogP) is 2.06. The van der Waals surface area contributed by atoms with Crippen molar-refractivity contribution in [2.45, 2.75) is 45.6 Å². The molecular weight excluding hydrogens is 236 g/mol. The van der Waals surface area contributed by atoms with Gasteiger partial charge < -0.3 is 10.2 Å². The Bertz CT molecular complexity index is 434. The first-order valence-electron chi connectivity index (χ1n) is 7.51. The van der Waals surface area contributed by atoms with Gasteiger partial charge in [0.15, 0.2) is 0 Å². The Morgan fingerprint density at radius 1 is 1.16 bits per heavy atom. The fraction of sp³-hybridized carbons (Fsp3) is 0.733.